The first-order chi connectivity index (χ1) is 8.19. The molecule has 0 radical (unpaired) electrons. The van der Waals surface area contributed by atoms with E-state index >= 15 is 0 Å². The summed E-state index contributed by atoms with van der Waals surface area (Å²) in [6.45, 7) is 1.16. The normalized spacial score (nSPS) is 16.3. The van der Waals surface area contributed by atoms with E-state index in [1.54, 1.807) is 6.07 Å². The largest absolute Gasteiger partial charge is 0.396 e. The maximum absolute atomic E-state index is 8.98. The van der Waals surface area contributed by atoms with Crippen LogP contribution in [0, 0.1) is 16.7 Å². The Morgan fingerprint density at radius 1 is 1.47 bits per heavy atom. The molecule has 1 aromatic rings. The van der Waals surface area contributed by atoms with Crippen LogP contribution in [0.1, 0.15) is 24.8 Å². The molecule has 1 aliphatic carbocycles. The van der Waals surface area contributed by atoms with E-state index < -0.39 is 0 Å². The molecule has 0 atom stereocenters. The lowest BCUT2D eigenvalue weighted by atomic mass is 10.0. The van der Waals surface area contributed by atoms with Gasteiger partial charge in [-0.25, -0.2) is 0 Å². The van der Waals surface area contributed by atoms with Crippen LogP contribution in [0.15, 0.2) is 22.7 Å². The molecule has 2 N–H and O–H groups in total. The van der Waals surface area contributed by atoms with E-state index in [1.807, 2.05) is 12.1 Å². The zero-order valence-electron chi connectivity index (χ0n) is 9.54. The van der Waals surface area contributed by atoms with Gasteiger partial charge in [0.15, 0.2) is 0 Å². The Bertz CT molecular complexity index is 449. The van der Waals surface area contributed by atoms with Gasteiger partial charge in [0.25, 0.3) is 0 Å². The van der Waals surface area contributed by atoms with E-state index in [0.29, 0.717) is 11.0 Å². The van der Waals surface area contributed by atoms with Crippen LogP contribution in [-0.2, 0) is 0 Å². The van der Waals surface area contributed by atoms with Crippen molar-refractivity contribution in [3.05, 3.63) is 28.2 Å². The summed E-state index contributed by atoms with van der Waals surface area (Å²) in [5, 5.41) is 21.2. The van der Waals surface area contributed by atoms with Gasteiger partial charge in [0.2, 0.25) is 0 Å². The molecular weight excluding hydrogens is 280 g/mol. The lowest BCUT2D eigenvalue weighted by Gasteiger charge is -2.15. The first-order valence-electron chi connectivity index (χ1n) is 5.73. The number of rotatable bonds is 5. The first-order valence-corrected chi connectivity index (χ1v) is 6.53. The summed E-state index contributed by atoms with van der Waals surface area (Å²) in [6.07, 6.45) is 3.26. The summed E-state index contributed by atoms with van der Waals surface area (Å²) < 4.78 is 0.817. The highest BCUT2D eigenvalue weighted by atomic mass is 79.9. The highest BCUT2D eigenvalue weighted by molar-refractivity contribution is 9.10. The van der Waals surface area contributed by atoms with Crippen molar-refractivity contribution in [3.8, 4) is 6.07 Å². The molecule has 0 unspecified atom stereocenters. The smallest absolute Gasteiger partial charge is 0.100 e. The molecule has 0 saturated heterocycles. The molecule has 0 amide bonds. The first kappa shape index (κ1) is 12.4. The number of aliphatic hydroxyl groups excluding tert-OH is 1. The predicted molar refractivity (Wildman–Crippen MR) is 70.7 cm³/mol. The summed E-state index contributed by atoms with van der Waals surface area (Å²) >= 11 is 3.37. The zero-order valence-corrected chi connectivity index (χ0v) is 11.1. The number of nitrogens with one attached hydrogen (secondary N) is 1. The molecule has 1 saturated carbocycles. The van der Waals surface area contributed by atoms with Crippen LogP contribution < -0.4 is 5.32 Å². The molecule has 0 aromatic heterocycles. The van der Waals surface area contributed by atoms with Crippen LogP contribution in [0.4, 0.5) is 5.69 Å². The lowest BCUT2D eigenvalue weighted by Crippen LogP contribution is -2.16. The topological polar surface area (TPSA) is 56.0 Å². The second-order valence-corrected chi connectivity index (χ2v) is 5.49. The van der Waals surface area contributed by atoms with Gasteiger partial charge in [-0.15, -0.1) is 0 Å². The maximum Gasteiger partial charge on any atom is 0.100 e. The van der Waals surface area contributed by atoms with Crippen molar-refractivity contribution < 1.29 is 5.11 Å². The van der Waals surface area contributed by atoms with E-state index in [4.69, 9.17) is 10.4 Å². The second-order valence-electron chi connectivity index (χ2n) is 4.63. The monoisotopic (exact) mass is 294 g/mol. The van der Waals surface area contributed by atoms with Crippen LogP contribution >= 0.6 is 15.9 Å². The highest BCUT2D eigenvalue weighted by Crippen LogP contribution is 2.48. The highest BCUT2D eigenvalue weighted by Gasteiger charge is 2.41. The molecule has 0 aliphatic heterocycles. The van der Waals surface area contributed by atoms with Crippen LogP contribution in [0.5, 0.6) is 0 Å². The van der Waals surface area contributed by atoms with Crippen molar-refractivity contribution in [2.24, 2.45) is 5.41 Å². The van der Waals surface area contributed by atoms with Gasteiger partial charge in [0.1, 0.15) is 6.07 Å². The Balaban J connectivity index is 1.96. The molecule has 0 heterocycles. The predicted octanol–water partition coefficient (Wildman–Crippen LogP) is 2.90. The average molecular weight is 295 g/mol. The standard InChI is InChI=1S/C13H15BrN2O/c14-12-7-11(2-1-10(12)8-15)16-9-13(3-4-13)5-6-17/h1-2,7,16-17H,3-6,9H2. The second kappa shape index (κ2) is 5.07. The third kappa shape index (κ3) is 2.99. The van der Waals surface area contributed by atoms with Gasteiger partial charge >= 0.3 is 0 Å². The molecule has 17 heavy (non-hydrogen) atoms. The van der Waals surface area contributed by atoms with E-state index in [1.165, 1.54) is 12.8 Å². The van der Waals surface area contributed by atoms with Crippen molar-refractivity contribution in [1.82, 2.24) is 0 Å². The Morgan fingerprint density at radius 2 is 2.24 bits per heavy atom. The minimum atomic E-state index is 0.263. The fourth-order valence-electron chi connectivity index (χ4n) is 1.93. The van der Waals surface area contributed by atoms with E-state index in [9.17, 15) is 0 Å². The number of aliphatic hydroxyl groups is 1. The summed E-state index contributed by atoms with van der Waals surface area (Å²) in [5.74, 6) is 0. The summed E-state index contributed by atoms with van der Waals surface area (Å²) in [7, 11) is 0. The summed E-state index contributed by atoms with van der Waals surface area (Å²) in [5.41, 5.74) is 1.96. The fraction of sp³-hybridized carbons (Fsp3) is 0.462. The molecule has 1 aliphatic rings. The number of nitriles is 1. The Morgan fingerprint density at radius 3 is 2.76 bits per heavy atom. The van der Waals surface area contributed by atoms with E-state index in [2.05, 4.69) is 27.3 Å². The van der Waals surface area contributed by atoms with Gasteiger partial charge in [0, 0.05) is 23.3 Å². The van der Waals surface area contributed by atoms with Crippen molar-refractivity contribution >= 4 is 21.6 Å². The molecule has 90 valence electrons. The van der Waals surface area contributed by atoms with Gasteiger partial charge in [0.05, 0.1) is 5.56 Å². The van der Waals surface area contributed by atoms with Crippen molar-refractivity contribution in [3.63, 3.8) is 0 Å². The quantitative estimate of drug-likeness (QED) is 0.878. The van der Waals surface area contributed by atoms with Gasteiger partial charge in [-0.05, 0) is 58.8 Å². The minimum Gasteiger partial charge on any atom is -0.396 e. The van der Waals surface area contributed by atoms with Crippen molar-refractivity contribution in [2.45, 2.75) is 19.3 Å². The number of nitrogens with zero attached hydrogens (tertiary/aromatic N) is 1. The third-order valence-electron chi connectivity index (χ3n) is 3.36. The van der Waals surface area contributed by atoms with Crippen LogP contribution in [0.3, 0.4) is 0 Å². The number of benzene rings is 1. The number of hydrogen-bond acceptors (Lipinski definition) is 3. The maximum atomic E-state index is 8.98. The van der Waals surface area contributed by atoms with Gasteiger partial charge in [-0.3, -0.25) is 0 Å². The third-order valence-corrected chi connectivity index (χ3v) is 4.01. The van der Waals surface area contributed by atoms with Crippen molar-refractivity contribution in [1.29, 1.82) is 5.26 Å². The van der Waals surface area contributed by atoms with E-state index in [-0.39, 0.29) is 6.61 Å². The van der Waals surface area contributed by atoms with Gasteiger partial charge < -0.3 is 10.4 Å². The zero-order chi connectivity index (χ0) is 12.3. The lowest BCUT2D eigenvalue weighted by molar-refractivity contribution is 0.253. The molecule has 4 heteroatoms. The van der Waals surface area contributed by atoms with Crippen LogP contribution in [-0.4, -0.2) is 18.3 Å². The molecule has 0 spiro atoms. The van der Waals surface area contributed by atoms with E-state index in [0.717, 1.165) is 23.1 Å². The number of halogens is 1. The number of anilines is 1. The average Bonchev–Trinajstić information content (AvgIpc) is 3.08. The Kier molecular flexibility index (Phi) is 3.70. The SMILES string of the molecule is N#Cc1ccc(NCC2(CCO)CC2)cc1Br. The summed E-state index contributed by atoms with van der Waals surface area (Å²) in [4.78, 5) is 0. The molecule has 3 nitrogen and oxygen atoms in total. The minimum absolute atomic E-state index is 0.263. The van der Waals surface area contributed by atoms with Gasteiger partial charge in [-0.1, -0.05) is 0 Å². The molecular formula is C13H15BrN2O. The fourth-order valence-corrected chi connectivity index (χ4v) is 2.40. The molecule has 1 aromatic carbocycles. The Hall–Kier alpha value is -1.05. The Labute approximate surface area is 110 Å². The molecule has 0 bridgehead atoms. The van der Waals surface area contributed by atoms with Crippen molar-refractivity contribution in [2.75, 3.05) is 18.5 Å². The van der Waals surface area contributed by atoms with Crippen LogP contribution in [0.25, 0.3) is 0 Å². The van der Waals surface area contributed by atoms with Crippen LogP contribution in [0.2, 0.25) is 0 Å². The van der Waals surface area contributed by atoms with Gasteiger partial charge in [-0.2, -0.15) is 5.26 Å². The molecule has 1 fully saturated rings. The molecule has 2 rings (SSSR count). The summed E-state index contributed by atoms with van der Waals surface area (Å²) in [6, 6.07) is 7.76. The number of hydrogen-bond donors (Lipinski definition) is 2.